The van der Waals surface area contributed by atoms with Crippen LogP contribution >= 0.6 is 11.3 Å². The first-order valence-corrected chi connectivity index (χ1v) is 9.88. The Morgan fingerprint density at radius 3 is 2.64 bits per heavy atom. The molecular weight excluding hydrogens is 336 g/mol. The van der Waals surface area contributed by atoms with Gasteiger partial charge in [-0.3, -0.25) is 9.69 Å². The minimum atomic E-state index is 0.0450. The van der Waals surface area contributed by atoms with Crippen LogP contribution in [0.2, 0.25) is 0 Å². The highest BCUT2D eigenvalue weighted by atomic mass is 32.1. The number of hydrogen-bond donors (Lipinski definition) is 0. The molecule has 0 amide bonds. The van der Waals surface area contributed by atoms with Crippen LogP contribution in [0.1, 0.15) is 29.1 Å². The Morgan fingerprint density at radius 1 is 1.08 bits per heavy atom. The van der Waals surface area contributed by atoms with Crippen molar-refractivity contribution in [2.75, 3.05) is 37.6 Å². The first-order chi connectivity index (χ1) is 12.2. The normalized spacial score (nSPS) is 18.4. The minimum absolute atomic E-state index is 0.0450. The van der Waals surface area contributed by atoms with Crippen LogP contribution in [0.4, 0.5) is 5.13 Å². The topological polar surface area (TPSA) is 67.2 Å². The monoisotopic (exact) mass is 360 g/mol. The van der Waals surface area contributed by atoms with Gasteiger partial charge >= 0.3 is 0 Å². The van der Waals surface area contributed by atoms with Crippen LogP contribution < -0.4 is 10.5 Å². The first-order valence-electron chi connectivity index (χ1n) is 9.06. The highest BCUT2D eigenvalue weighted by Gasteiger charge is 2.20. The zero-order valence-electron chi connectivity index (χ0n) is 14.6. The van der Waals surface area contributed by atoms with Crippen molar-refractivity contribution >= 4 is 16.5 Å². The second-order valence-electron chi connectivity index (χ2n) is 6.82. The van der Waals surface area contributed by atoms with Gasteiger partial charge in [0.05, 0.1) is 12.2 Å². The van der Waals surface area contributed by atoms with Gasteiger partial charge in [0.25, 0.3) is 5.56 Å². The van der Waals surface area contributed by atoms with E-state index in [1.54, 1.807) is 22.1 Å². The molecule has 25 heavy (non-hydrogen) atoms. The van der Waals surface area contributed by atoms with E-state index >= 15 is 0 Å². The van der Waals surface area contributed by atoms with E-state index in [9.17, 15) is 4.79 Å². The number of aryl methyl sites for hydroxylation is 3. The number of nitrogens with zero attached hydrogens (tertiary/aromatic N) is 6. The van der Waals surface area contributed by atoms with Crippen molar-refractivity contribution in [2.45, 2.75) is 39.2 Å². The molecule has 0 aromatic carbocycles. The average molecular weight is 360 g/mol. The molecule has 0 atom stereocenters. The number of anilines is 1. The summed E-state index contributed by atoms with van der Waals surface area (Å²) in [6.07, 6.45) is 4.38. The number of hydrogen-bond acceptors (Lipinski definition) is 7. The molecule has 8 heteroatoms. The van der Waals surface area contributed by atoms with E-state index < -0.39 is 0 Å². The second-order valence-corrected chi connectivity index (χ2v) is 7.98. The maximum Gasteiger partial charge on any atom is 0.267 e. The molecule has 1 aliphatic heterocycles. The van der Waals surface area contributed by atoms with Gasteiger partial charge in [0.15, 0.2) is 0 Å². The van der Waals surface area contributed by atoms with Crippen LogP contribution in [0.25, 0.3) is 0 Å². The summed E-state index contributed by atoms with van der Waals surface area (Å²) in [5, 5.41) is 15.0. The van der Waals surface area contributed by atoms with Crippen LogP contribution in [0, 0.1) is 6.92 Å². The number of aromatic nitrogens is 4. The van der Waals surface area contributed by atoms with Gasteiger partial charge in [-0.1, -0.05) is 11.3 Å². The smallest absolute Gasteiger partial charge is 0.267 e. The van der Waals surface area contributed by atoms with E-state index in [2.05, 4.69) is 25.1 Å². The highest BCUT2D eigenvalue weighted by Crippen LogP contribution is 2.21. The third-order valence-corrected chi connectivity index (χ3v) is 5.96. The van der Waals surface area contributed by atoms with Gasteiger partial charge in [0.1, 0.15) is 5.01 Å². The van der Waals surface area contributed by atoms with Crippen molar-refractivity contribution in [3.05, 3.63) is 32.7 Å². The lowest BCUT2D eigenvalue weighted by molar-refractivity contribution is 0.242. The molecule has 2 aliphatic rings. The van der Waals surface area contributed by atoms with Gasteiger partial charge in [0, 0.05) is 38.8 Å². The quantitative estimate of drug-likeness (QED) is 0.814. The molecule has 1 fully saturated rings. The molecule has 0 radical (unpaired) electrons. The zero-order valence-corrected chi connectivity index (χ0v) is 15.5. The van der Waals surface area contributed by atoms with E-state index in [4.69, 9.17) is 0 Å². The van der Waals surface area contributed by atoms with Gasteiger partial charge in [-0.15, -0.1) is 10.2 Å². The summed E-state index contributed by atoms with van der Waals surface area (Å²) in [6, 6.07) is 1.80. The van der Waals surface area contributed by atoms with E-state index in [1.165, 1.54) is 12.8 Å². The van der Waals surface area contributed by atoms with Gasteiger partial charge in [-0.2, -0.15) is 5.10 Å². The molecule has 1 aliphatic carbocycles. The maximum absolute atomic E-state index is 12.3. The molecule has 134 valence electrons. The minimum Gasteiger partial charge on any atom is -0.344 e. The summed E-state index contributed by atoms with van der Waals surface area (Å²) in [5.41, 5.74) is 2.33. The van der Waals surface area contributed by atoms with Crippen molar-refractivity contribution in [1.29, 1.82) is 0 Å². The van der Waals surface area contributed by atoms with E-state index in [0.29, 0.717) is 6.54 Å². The van der Waals surface area contributed by atoms with Crippen LogP contribution in [0.5, 0.6) is 0 Å². The van der Waals surface area contributed by atoms with Gasteiger partial charge in [-0.05, 0) is 38.2 Å². The maximum atomic E-state index is 12.3. The Bertz CT molecular complexity index is 793. The van der Waals surface area contributed by atoms with Gasteiger partial charge < -0.3 is 4.90 Å². The zero-order chi connectivity index (χ0) is 17.2. The number of piperazine rings is 1. The summed E-state index contributed by atoms with van der Waals surface area (Å²) in [7, 11) is 0. The van der Waals surface area contributed by atoms with Crippen molar-refractivity contribution in [3.63, 3.8) is 0 Å². The molecule has 0 spiro atoms. The molecule has 7 nitrogen and oxygen atoms in total. The highest BCUT2D eigenvalue weighted by molar-refractivity contribution is 7.15. The fraction of sp³-hybridized carbons (Fsp3) is 0.647. The fourth-order valence-corrected chi connectivity index (χ4v) is 4.31. The Morgan fingerprint density at radius 2 is 1.88 bits per heavy atom. The number of rotatable bonds is 4. The van der Waals surface area contributed by atoms with Crippen LogP contribution in [-0.4, -0.2) is 57.6 Å². The lowest BCUT2D eigenvalue weighted by Crippen LogP contribution is -2.47. The van der Waals surface area contributed by atoms with Crippen molar-refractivity contribution in [2.24, 2.45) is 0 Å². The van der Waals surface area contributed by atoms with Crippen molar-refractivity contribution < 1.29 is 0 Å². The molecular formula is C17H24N6OS. The SMILES string of the molecule is Cc1nnc(N2CCN(CCn3nc4c(cc3=O)CCCC4)CC2)s1. The van der Waals surface area contributed by atoms with E-state index in [0.717, 1.165) is 67.0 Å². The predicted molar refractivity (Wildman–Crippen MR) is 98.4 cm³/mol. The second kappa shape index (κ2) is 7.21. The summed E-state index contributed by atoms with van der Waals surface area (Å²) in [5.74, 6) is 0. The van der Waals surface area contributed by atoms with Crippen molar-refractivity contribution in [3.8, 4) is 0 Å². The summed E-state index contributed by atoms with van der Waals surface area (Å²) >= 11 is 1.65. The summed E-state index contributed by atoms with van der Waals surface area (Å²) < 4.78 is 1.66. The van der Waals surface area contributed by atoms with Crippen LogP contribution in [0.3, 0.4) is 0 Å². The van der Waals surface area contributed by atoms with Crippen molar-refractivity contribution in [1.82, 2.24) is 24.9 Å². The first kappa shape index (κ1) is 16.7. The lowest BCUT2D eigenvalue weighted by atomic mass is 9.97. The molecule has 3 heterocycles. The van der Waals surface area contributed by atoms with E-state index in [-0.39, 0.29) is 5.56 Å². The molecule has 0 bridgehead atoms. The lowest BCUT2D eigenvalue weighted by Gasteiger charge is -2.34. The summed E-state index contributed by atoms with van der Waals surface area (Å²) in [4.78, 5) is 17.0. The molecule has 1 saturated heterocycles. The van der Waals surface area contributed by atoms with E-state index in [1.807, 2.05) is 6.92 Å². The summed E-state index contributed by atoms with van der Waals surface area (Å²) in [6.45, 7) is 7.42. The van der Waals surface area contributed by atoms with Crippen LogP contribution in [-0.2, 0) is 19.4 Å². The molecule has 0 unspecified atom stereocenters. The standard InChI is InChI=1S/C17H24N6OS/c1-13-18-19-17(25-13)22-9-6-21(7-10-22)8-11-23-16(24)12-14-4-2-3-5-15(14)20-23/h12H,2-11H2,1H3. The largest absolute Gasteiger partial charge is 0.344 e. The average Bonchev–Trinajstić information content (AvgIpc) is 3.07. The third kappa shape index (κ3) is 3.74. The number of fused-ring (bicyclic) bond motifs is 1. The molecule has 0 saturated carbocycles. The third-order valence-electron chi connectivity index (χ3n) is 5.06. The Balaban J connectivity index is 1.33. The Labute approximate surface area is 151 Å². The molecule has 2 aromatic heterocycles. The van der Waals surface area contributed by atoms with Gasteiger partial charge in [-0.25, -0.2) is 4.68 Å². The Kier molecular flexibility index (Phi) is 4.80. The van der Waals surface area contributed by atoms with Crippen LogP contribution in [0.15, 0.2) is 10.9 Å². The fourth-order valence-electron chi connectivity index (χ4n) is 3.57. The van der Waals surface area contributed by atoms with Gasteiger partial charge in [0.2, 0.25) is 5.13 Å². The predicted octanol–water partition coefficient (Wildman–Crippen LogP) is 1.10. The Hall–Kier alpha value is -1.80. The molecule has 0 N–H and O–H groups in total. The molecule has 4 rings (SSSR count). The molecule has 2 aromatic rings.